The van der Waals surface area contributed by atoms with Crippen LogP contribution in [-0.4, -0.2) is 22.2 Å². The highest BCUT2D eigenvalue weighted by Gasteiger charge is 2.26. The lowest BCUT2D eigenvalue weighted by atomic mass is 10.1. The number of aromatic nitrogens is 1. The van der Waals surface area contributed by atoms with Gasteiger partial charge in [-0.25, -0.2) is 4.98 Å². The maximum absolute atomic E-state index is 9.52. The Balaban J connectivity index is 1.78. The molecule has 0 saturated heterocycles. The molecule has 1 aromatic rings. The third-order valence-electron chi connectivity index (χ3n) is 2.35. The van der Waals surface area contributed by atoms with E-state index in [9.17, 15) is 5.11 Å². The SMILES string of the molecule is CC(C)(O)CNCc1cnc(C2CC2)s1. The Morgan fingerprint density at radius 2 is 2.33 bits per heavy atom. The summed E-state index contributed by atoms with van der Waals surface area (Å²) in [5.41, 5.74) is -0.635. The Morgan fingerprint density at radius 1 is 1.60 bits per heavy atom. The van der Waals surface area contributed by atoms with E-state index < -0.39 is 5.60 Å². The van der Waals surface area contributed by atoms with Crippen molar-refractivity contribution in [3.8, 4) is 0 Å². The molecular formula is C11H18N2OS. The van der Waals surface area contributed by atoms with Gasteiger partial charge in [0.25, 0.3) is 0 Å². The summed E-state index contributed by atoms with van der Waals surface area (Å²) in [7, 11) is 0. The molecule has 0 bridgehead atoms. The van der Waals surface area contributed by atoms with E-state index >= 15 is 0 Å². The van der Waals surface area contributed by atoms with Crippen LogP contribution >= 0.6 is 11.3 Å². The van der Waals surface area contributed by atoms with Crippen LogP contribution < -0.4 is 5.32 Å². The van der Waals surface area contributed by atoms with Crippen LogP contribution in [0.15, 0.2) is 6.20 Å². The van der Waals surface area contributed by atoms with E-state index in [1.165, 1.54) is 22.7 Å². The average Bonchev–Trinajstić information content (AvgIpc) is 2.86. The number of rotatable bonds is 5. The number of nitrogens with zero attached hydrogens (tertiary/aromatic N) is 1. The Labute approximate surface area is 94.5 Å². The van der Waals surface area contributed by atoms with Crippen molar-refractivity contribution in [1.82, 2.24) is 10.3 Å². The molecule has 0 aliphatic heterocycles. The molecule has 3 nitrogen and oxygen atoms in total. The normalized spacial score (nSPS) is 17.0. The monoisotopic (exact) mass is 226 g/mol. The number of aliphatic hydroxyl groups is 1. The molecule has 0 aromatic carbocycles. The molecule has 4 heteroatoms. The summed E-state index contributed by atoms with van der Waals surface area (Å²) in [6.07, 6.45) is 4.57. The average molecular weight is 226 g/mol. The van der Waals surface area contributed by atoms with Gasteiger partial charge in [-0.3, -0.25) is 0 Å². The summed E-state index contributed by atoms with van der Waals surface area (Å²) >= 11 is 1.80. The minimum Gasteiger partial charge on any atom is -0.389 e. The number of hydrogen-bond acceptors (Lipinski definition) is 4. The van der Waals surface area contributed by atoms with Crippen LogP contribution in [0.1, 0.15) is 42.5 Å². The molecule has 0 radical (unpaired) electrons. The first-order valence-corrected chi connectivity index (χ1v) is 6.24. The molecule has 1 aromatic heterocycles. The molecule has 84 valence electrons. The van der Waals surface area contributed by atoms with Crippen LogP contribution in [0.2, 0.25) is 0 Å². The van der Waals surface area contributed by atoms with Crippen LogP contribution in [0, 0.1) is 0 Å². The first-order chi connectivity index (χ1) is 7.04. The molecule has 0 unspecified atom stereocenters. The maximum Gasteiger partial charge on any atom is 0.0959 e. The molecular weight excluding hydrogens is 208 g/mol. The van der Waals surface area contributed by atoms with Gasteiger partial charge in [-0.15, -0.1) is 11.3 Å². The summed E-state index contributed by atoms with van der Waals surface area (Å²) in [6, 6.07) is 0. The zero-order valence-electron chi connectivity index (χ0n) is 9.29. The molecule has 1 aliphatic rings. The van der Waals surface area contributed by atoms with Crippen molar-refractivity contribution in [3.05, 3.63) is 16.1 Å². The fraction of sp³-hybridized carbons (Fsp3) is 0.727. The van der Waals surface area contributed by atoms with E-state index in [4.69, 9.17) is 0 Å². The van der Waals surface area contributed by atoms with Gasteiger partial charge in [0, 0.05) is 30.1 Å². The molecule has 2 N–H and O–H groups in total. The van der Waals surface area contributed by atoms with Crippen molar-refractivity contribution in [2.24, 2.45) is 0 Å². The predicted molar refractivity (Wildman–Crippen MR) is 62.1 cm³/mol. The Hall–Kier alpha value is -0.450. The quantitative estimate of drug-likeness (QED) is 0.806. The molecule has 1 fully saturated rings. The van der Waals surface area contributed by atoms with Gasteiger partial charge in [-0.2, -0.15) is 0 Å². The van der Waals surface area contributed by atoms with Gasteiger partial charge in [-0.05, 0) is 26.7 Å². The van der Waals surface area contributed by atoms with Gasteiger partial charge >= 0.3 is 0 Å². The summed E-state index contributed by atoms with van der Waals surface area (Å²) in [4.78, 5) is 5.67. The van der Waals surface area contributed by atoms with Gasteiger partial charge in [0.15, 0.2) is 0 Å². The van der Waals surface area contributed by atoms with Crippen molar-refractivity contribution in [1.29, 1.82) is 0 Å². The third kappa shape index (κ3) is 3.55. The molecule has 2 rings (SSSR count). The zero-order valence-corrected chi connectivity index (χ0v) is 10.1. The lowest BCUT2D eigenvalue weighted by Gasteiger charge is -2.16. The van der Waals surface area contributed by atoms with Crippen LogP contribution in [-0.2, 0) is 6.54 Å². The van der Waals surface area contributed by atoms with Crippen LogP contribution in [0.5, 0.6) is 0 Å². The maximum atomic E-state index is 9.52. The smallest absolute Gasteiger partial charge is 0.0959 e. The second-order valence-electron chi connectivity index (χ2n) is 4.86. The van der Waals surface area contributed by atoms with Crippen LogP contribution in [0.4, 0.5) is 0 Å². The van der Waals surface area contributed by atoms with Crippen molar-refractivity contribution in [2.75, 3.05) is 6.54 Å². The van der Waals surface area contributed by atoms with Crippen LogP contribution in [0.3, 0.4) is 0 Å². The fourth-order valence-electron chi connectivity index (χ4n) is 1.41. The van der Waals surface area contributed by atoms with Crippen molar-refractivity contribution in [2.45, 2.75) is 44.8 Å². The fourth-order valence-corrected chi connectivity index (χ4v) is 2.47. The first kappa shape index (κ1) is 11.0. The highest BCUT2D eigenvalue weighted by molar-refractivity contribution is 7.11. The molecule has 0 atom stereocenters. The second-order valence-corrected chi connectivity index (χ2v) is 6.00. The summed E-state index contributed by atoms with van der Waals surface area (Å²) < 4.78 is 0. The topological polar surface area (TPSA) is 45.1 Å². The lowest BCUT2D eigenvalue weighted by molar-refractivity contribution is 0.0796. The molecule has 1 aliphatic carbocycles. The Kier molecular flexibility index (Phi) is 3.09. The van der Waals surface area contributed by atoms with E-state index in [0.29, 0.717) is 6.54 Å². The highest BCUT2D eigenvalue weighted by atomic mass is 32.1. The summed E-state index contributed by atoms with van der Waals surface area (Å²) in [5.74, 6) is 0.748. The van der Waals surface area contributed by atoms with Crippen molar-refractivity contribution in [3.63, 3.8) is 0 Å². The Morgan fingerprint density at radius 3 is 2.93 bits per heavy atom. The summed E-state index contributed by atoms with van der Waals surface area (Å²) in [6.45, 7) is 5.04. The van der Waals surface area contributed by atoms with E-state index in [2.05, 4.69) is 10.3 Å². The standard InChI is InChI=1S/C11H18N2OS/c1-11(2,14)7-12-5-9-6-13-10(15-9)8-3-4-8/h6,8,12,14H,3-5,7H2,1-2H3. The molecule has 0 spiro atoms. The Bertz CT molecular complexity index is 326. The van der Waals surface area contributed by atoms with Crippen LogP contribution in [0.25, 0.3) is 0 Å². The largest absolute Gasteiger partial charge is 0.389 e. The number of hydrogen-bond donors (Lipinski definition) is 2. The van der Waals surface area contributed by atoms with Gasteiger partial charge in [0.05, 0.1) is 10.6 Å². The molecule has 1 saturated carbocycles. The first-order valence-electron chi connectivity index (χ1n) is 5.42. The van der Waals surface area contributed by atoms with E-state index in [1.807, 2.05) is 20.0 Å². The predicted octanol–water partition coefficient (Wildman–Crippen LogP) is 1.88. The van der Waals surface area contributed by atoms with Gasteiger partial charge in [0.1, 0.15) is 0 Å². The van der Waals surface area contributed by atoms with Crippen molar-refractivity contribution >= 4 is 11.3 Å². The summed E-state index contributed by atoms with van der Waals surface area (Å²) in [5, 5.41) is 14.0. The molecule has 1 heterocycles. The van der Waals surface area contributed by atoms with Gasteiger partial charge in [0.2, 0.25) is 0 Å². The highest BCUT2D eigenvalue weighted by Crippen LogP contribution is 2.41. The minimum absolute atomic E-state index is 0.615. The third-order valence-corrected chi connectivity index (χ3v) is 3.51. The van der Waals surface area contributed by atoms with Gasteiger partial charge < -0.3 is 10.4 Å². The van der Waals surface area contributed by atoms with Gasteiger partial charge in [-0.1, -0.05) is 0 Å². The molecule has 15 heavy (non-hydrogen) atoms. The minimum atomic E-state index is -0.635. The zero-order chi connectivity index (χ0) is 10.9. The van der Waals surface area contributed by atoms with E-state index in [-0.39, 0.29) is 0 Å². The van der Waals surface area contributed by atoms with E-state index in [0.717, 1.165) is 12.5 Å². The van der Waals surface area contributed by atoms with Crippen molar-refractivity contribution < 1.29 is 5.11 Å². The number of nitrogens with one attached hydrogen (secondary N) is 1. The number of thiazole rings is 1. The lowest BCUT2D eigenvalue weighted by Crippen LogP contribution is -2.34. The van der Waals surface area contributed by atoms with E-state index in [1.54, 1.807) is 11.3 Å². The molecule has 0 amide bonds. The second kappa shape index (κ2) is 4.20.